The summed E-state index contributed by atoms with van der Waals surface area (Å²) in [5.74, 6) is 0.541. The van der Waals surface area contributed by atoms with Gasteiger partial charge in [-0.2, -0.15) is 0 Å². The van der Waals surface area contributed by atoms with Gasteiger partial charge in [0.25, 0.3) is 11.6 Å². The summed E-state index contributed by atoms with van der Waals surface area (Å²) in [4.78, 5) is 22.4. The van der Waals surface area contributed by atoms with Crippen LogP contribution >= 0.6 is 12.2 Å². The lowest BCUT2D eigenvalue weighted by atomic mass is 10.1. The summed E-state index contributed by atoms with van der Waals surface area (Å²) in [5, 5.41) is 16.6. The zero-order valence-corrected chi connectivity index (χ0v) is 15.0. The third-order valence-electron chi connectivity index (χ3n) is 3.79. The highest BCUT2D eigenvalue weighted by Crippen LogP contribution is 2.30. The number of benzene rings is 2. The number of rotatable bonds is 6. The first kappa shape index (κ1) is 18.3. The zero-order valence-electron chi connectivity index (χ0n) is 14.2. The molecule has 0 aromatic heterocycles. The monoisotopic (exact) mass is 385 g/mol. The third kappa shape index (κ3) is 4.21. The van der Waals surface area contributed by atoms with E-state index in [9.17, 15) is 14.9 Å². The molecule has 1 saturated heterocycles. The third-order valence-corrected chi connectivity index (χ3v) is 3.99. The number of thiocarbonyl (C=S) groups is 1. The van der Waals surface area contributed by atoms with Gasteiger partial charge in [0, 0.05) is 6.07 Å². The summed E-state index contributed by atoms with van der Waals surface area (Å²) in [6, 6.07) is 11.5. The van der Waals surface area contributed by atoms with Gasteiger partial charge in [-0.25, -0.2) is 0 Å². The molecule has 1 aliphatic heterocycles. The van der Waals surface area contributed by atoms with E-state index in [0.29, 0.717) is 28.3 Å². The van der Waals surface area contributed by atoms with Gasteiger partial charge in [-0.15, -0.1) is 0 Å². The second-order valence-corrected chi connectivity index (χ2v) is 5.96. The Hall–Kier alpha value is -3.46. The number of nitrogens with one attached hydrogen (secondary N) is 2. The SMILES string of the molecule is COc1ccc(/C=C2/NC(=S)NC2=O)cc1OCc1ccccc1[N+](=O)[O-]. The number of carbonyl (C=O) groups excluding carboxylic acids is 1. The Morgan fingerprint density at radius 3 is 2.63 bits per heavy atom. The summed E-state index contributed by atoms with van der Waals surface area (Å²) in [6.07, 6.45) is 1.62. The molecule has 0 spiro atoms. The molecule has 0 radical (unpaired) electrons. The normalized spacial score (nSPS) is 14.6. The molecule has 1 aliphatic rings. The number of ether oxygens (including phenoxy) is 2. The molecular formula is C18H15N3O5S. The Bertz CT molecular complexity index is 958. The van der Waals surface area contributed by atoms with Crippen molar-refractivity contribution in [1.82, 2.24) is 10.6 Å². The number of nitro benzene ring substituents is 1. The molecule has 0 saturated carbocycles. The first-order valence-electron chi connectivity index (χ1n) is 7.85. The summed E-state index contributed by atoms with van der Waals surface area (Å²) < 4.78 is 11.0. The minimum atomic E-state index is -0.454. The van der Waals surface area contributed by atoms with Gasteiger partial charge in [0.1, 0.15) is 12.3 Å². The van der Waals surface area contributed by atoms with Crippen molar-refractivity contribution in [2.45, 2.75) is 6.61 Å². The molecule has 8 nitrogen and oxygen atoms in total. The number of para-hydroxylation sites is 1. The average molecular weight is 385 g/mol. The summed E-state index contributed by atoms with van der Waals surface area (Å²) >= 11 is 4.90. The topological polar surface area (TPSA) is 103 Å². The van der Waals surface area contributed by atoms with Gasteiger partial charge < -0.3 is 14.8 Å². The number of hydrogen-bond acceptors (Lipinski definition) is 6. The van der Waals surface area contributed by atoms with Gasteiger partial charge in [0.05, 0.1) is 17.6 Å². The molecule has 1 heterocycles. The predicted octanol–water partition coefficient (Wildman–Crippen LogP) is 2.53. The molecule has 9 heteroatoms. The minimum Gasteiger partial charge on any atom is -0.493 e. The molecule has 2 aromatic rings. The van der Waals surface area contributed by atoms with E-state index in [2.05, 4.69) is 10.6 Å². The van der Waals surface area contributed by atoms with Gasteiger partial charge in [0.2, 0.25) is 0 Å². The summed E-state index contributed by atoms with van der Waals surface area (Å²) in [6.45, 7) is -0.00361. The van der Waals surface area contributed by atoms with E-state index in [4.69, 9.17) is 21.7 Å². The molecule has 138 valence electrons. The number of nitro groups is 1. The second-order valence-electron chi connectivity index (χ2n) is 5.55. The van der Waals surface area contributed by atoms with Crippen LogP contribution in [0.1, 0.15) is 11.1 Å². The highest BCUT2D eigenvalue weighted by Gasteiger charge is 2.20. The predicted molar refractivity (Wildman–Crippen MR) is 102 cm³/mol. The van der Waals surface area contributed by atoms with Crippen LogP contribution in [0.5, 0.6) is 11.5 Å². The number of methoxy groups -OCH3 is 1. The number of carbonyl (C=O) groups is 1. The van der Waals surface area contributed by atoms with E-state index in [0.717, 1.165) is 0 Å². The molecule has 27 heavy (non-hydrogen) atoms. The molecule has 0 bridgehead atoms. The molecule has 1 fully saturated rings. The quantitative estimate of drug-likeness (QED) is 0.341. The minimum absolute atomic E-state index is 0.00361. The van der Waals surface area contributed by atoms with E-state index < -0.39 is 4.92 Å². The lowest BCUT2D eigenvalue weighted by Gasteiger charge is -2.12. The van der Waals surface area contributed by atoms with E-state index in [-0.39, 0.29) is 23.3 Å². The molecule has 0 unspecified atom stereocenters. The fourth-order valence-corrected chi connectivity index (χ4v) is 2.71. The maximum Gasteiger partial charge on any atom is 0.276 e. The molecule has 3 rings (SSSR count). The molecule has 0 atom stereocenters. The fourth-order valence-electron chi connectivity index (χ4n) is 2.51. The molecule has 0 aliphatic carbocycles. The van der Waals surface area contributed by atoms with Crippen molar-refractivity contribution >= 4 is 35.0 Å². The van der Waals surface area contributed by atoms with Crippen LogP contribution in [0.25, 0.3) is 6.08 Å². The Morgan fingerprint density at radius 1 is 1.19 bits per heavy atom. The van der Waals surface area contributed by atoms with Crippen molar-refractivity contribution in [3.05, 3.63) is 69.4 Å². The van der Waals surface area contributed by atoms with Crippen LogP contribution in [0.15, 0.2) is 48.2 Å². The van der Waals surface area contributed by atoms with Gasteiger partial charge in [0.15, 0.2) is 16.6 Å². The Morgan fingerprint density at radius 2 is 1.96 bits per heavy atom. The van der Waals surface area contributed by atoms with E-state index in [1.54, 1.807) is 42.5 Å². The van der Waals surface area contributed by atoms with Crippen molar-refractivity contribution in [2.24, 2.45) is 0 Å². The van der Waals surface area contributed by atoms with E-state index in [1.165, 1.54) is 13.2 Å². The van der Waals surface area contributed by atoms with Crippen molar-refractivity contribution in [3.63, 3.8) is 0 Å². The van der Waals surface area contributed by atoms with Crippen molar-refractivity contribution in [2.75, 3.05) is 7.11 Å². The molecule has 2 aromatic carbocycles. The number of amides is 1. The standard InChI is InChI=1S/C18H15N3O5S/c1-25-15-7-6-11(8-13-17(22)20-18(27)19-13)9-16(15)26-10-12-4-2-3-5-14(12)21(23)24/h2-9H,10H2,1H3,(H2,19,20,22,27)/b13-8+. The maximum atomic E-state index is 11.8. The van der Waals surface area contributed by atoms with Crippen LogP contribution in [0, 0.1) is 10.1 Å². The highest BCUT2D eigenvalue weighted by atomic mass is 32.1. The first-order valence-corrected chi connectivity index (χ1v) is 8.26. The zero-order chi connectivity index (χ0) is 19.4. The largest absolute Gasteiger partial charge is 0.493 e. The first-order chi connectivity index (χ1) is 13.0. The Kier molecular flexibility index (Phi) is 5.32. The Balaban J connectivity index is 1.85. The number of hydrogen-bond donors (Lipinski definition) is 2. The van der Waals surface area contributed by atoms with Gasteiger partial charge in [-0.1, -0.05) is 18.2 Å². The summed E-state index contributed by atoms with van der Waals surface area (Å²) in [5.41, 5.74) is 1.41. The molecule has 2 N–H and O–H groups in total. The summed E-state index contributed by atoms with van der Waals surface area (Å²) in [7, 11) is 1.50. The Labute approximate surface area is 159 Å². The van der Waals surface area contributed by atoms with Gasteiger partial charge in [-0.05, 0) is 42.1 Å². The van der Waals surface area contributed by atoms with Crippen molar-refractivity contribution < 1.29 is 19.2 Å². The van der Waals surface area contributed by atoms with E-state index >= 15 is 0 Å². The lowest BCUT2D eigenvalue weighted by molar-refractivity contribution is -0.385. The highest BCUT2D eigenvalue weighted by molar-refractivity contribution is 7.80. The smallest absolute Gasteiger partial charge is 0.276 e. The maximum absolute atomic E-state index is 11.8. The fraction of sp³-hybridized carbons (Fsp3) is 0.111. The van der Waals surface area contributed by atoms with Gasteiger partial charge in [-0.3, -0.25) is 20.2 Å². The van der Waals surface area contributed by atoms with Crippen LogP contribution in [0.2, 0.25) is 0 Å². The van der Waals surface area contributed by atoms with Crippen LogP contribution in [-0.4, -0.2) is 23.1 Å². The van der Waals surface area contributed by atoms with Gasteiger partial charge >= 0.3 is 0 Å². The molecule has 1 amide bonds. The lowest BCUT2D eigenvalue weighted by Crippen LogP contribution is -2.21. The average Bonchev–Trinajstić information content (AvgIpc) is 2.97. The van der Waals surface area contributed by atoms with Crippen LogP contribution in [0.4, 0.5) is 5.69 Å². The van der Waals surface area contributed by atoms with Crippen LogP contribution in [0.3, 0.4) is 0 Å². The van der Waals surface area contributed by atoms with Crippen molar-refractivity contribution in [1.29, 1.82) is 0 Å². The molecular weight excluding hydrogens is 370 g/mol. The van der Waals surface area contributed by atoms with Crippen LogP contribution < -0.4 is 20.1 Å². The van der Waals surface area contributed by atoms with Crippen molar-refractivity contribution in [3.8, 4) is 11.5 Å². The van der Waals surface area contributed by atoms with E-state index in [1.807, 2.05) is 0 Å². The number of nitrogens with zero attached hydrogens (tertiary/aromatic N) is 1. The van der Waals surface area contributed by atoms with Crippen LogP contribution in [-0.2, 0) is 11.4 Å². The second kappa shape index (κ2) is 7.83.